The summed E-state index contributed by atoms with van der Waals surface area (Å²) in [5.41, 5.74) is 1.02. The Kier molecular flexibility index (Phi) is 3.44. The summed E-state index contributed by atoms with van der Waals surface area (Å²) in [4.78, 5) is 0.204. The van der Waals surface area contributed by atoms with Gasteiger partial charge < -0.3 is 4.74 Å². The third-order valence-electron chi connectivity index (χ3n) is 4.15. The summed E-state index contributed by atoms with van der Waals surface area (Å²) in [5.74, 6) is 0.392. The molecule has 1 saturated heterocycles. The summed E-state index contributed by atoms with van der Waals surface area (Å²) in [7, 11) is -3.68. The van der Waals surface area contributed by atoms with E-state index in [0.717, 1.165) is 5.56 Å². The second kappa shape index (κ2) is 4.98. The molecule has 0 amide bonds. The van der Waals surface area contributed by atoms with Gasteiger partial charge in [0.2, 0.25) is 0 Å². The third kappa shape index (κ3) is 2.41. The van der Waals surface area contributed by atoms with E-state index >= 15 is 0 Å². The van der Waals surface area contributed by atoms with Crippen molar-refractivity contribution in [2.75, 3.05) is 6.61 Å². The summed E-state index contributed by atoms with van der Waals surface area (Å²) < 4.78 is 35.2. The predicted octanol–water partition coefficient (Wildman–Crippen LogP) is 2.29. The first kappa shape index (κ1) is 13.8. The minimum Gasteiger partial charge on any atom is -0.366 e. The van der Waals surface area contributed by atoms with Gasteiger partial charge in [-0.25, -0.2) is 0 Å². The maximum atomic E-state index is 12.1. The summed E-state index contributed by atoms with van der Waals surface area (Å²) >= 11 is 0. The molecule has 108 valence electrons. The minimum absolute atomic E-state index is 0.0109. The van der Waals surface area contributed by atoms with Crippen LogP contribution in [0.2, 0.25) is 0 Å². The maximum Gasteiger partial charge on any atom is 0.296 e. The minimum atomic E-state index is -3.68. The quantitative estimate of drug-likeness (QED) is 0.631. The molecule has 2 aliphatic heterocycles. The van der Waals surface area contributed by atoms with Gasteiger partial charge in [0.1, 0.15) is 0 Å². The summed E-state index contributed by atoms with van der Waals surface area (Å²) in [6.45, 7) is 4.15. The van der Waals surface area contributed by atoms with Crippen molar-refractivity contribution < 1.29 is 17.3 Å². The number of aryl methyl sites for hydroxylation is 1. The molecule has 4 atom stereocenters. The molecule has 0 aromatic heterocycles. The van der Waals surface area contributed by atoms with Crippen molar-refractivity contribution in [1.82, 2.24) is 0 Å². The van der Waals surface area contributed by atoms with Crippen molar-refractivity contribution in [3.8, 4) is 0 Å². The highest BCUT2D eigenvalue weighted by atomic mass is 32.2. The Morgan fingerprint density at radius 2 is 1.80 bits per heavy atom. The topological polar surface area (TPSA) is 52.6 Å². The van der Waals surface area contributed by atoms with E-state index in [1.54, 1.807) is 24.3 Å². The van der Waals surface area contributed by atoms with E-state index in [1.165, 1.54) is 0 Å². The summed E-state index contributed by atoms with van der Waals surface area (Å²) in [6.07, 6.45) is 4.14. The van der Waals surface area contributed by atoms with E-state index < -0.39 is 10.1 Å². The van der Waals surface area contributed by atoms with Gasteiger partial charge in [-0.05, 0) is 25.0 Å². The lowest BCUT2D eigenvalue weighted by Crippen LogP contribution is -2.27. The Bertz CT molecular complexity index is 618. The maximum absolute atomic E-state index is 12.1. The van der Waals surface area contributed by atoms with Crippen LogP contribution in [-0.2, 0) is 19.0 Å². The van der Waals surface area contributed by atoms with Gasteiger partial charge in [-0.1, -0.05) is 36.8 Å². The van der Waals surface area contributed by atoms with Crippen LogP contribution < -0.4 is 0 Å². The normalized spacial score (nSPS) is 31.9. The fourth-order valence-corrected chi connectivity index (χ4v) is 3.71. The van der Waals surface area contributed by atoms with Crippen LogP contribution in [-0.4, -0.2) is 27.2 Å². The molecule has 1 aromatic carbocycles. The van der Waals surface area contributed by atoms with Crippen molar-refractivity contribution in [1.29, 1.82) is 0 Å². The number of ether oxygens (including phenoxy) is 1. The van der Waals surface area contributed by atoms with Crippen LogP contribution in [0, 0.1) is 18.8 Å². The van der Waals surface area contributed by atoms with Gasteiger partial charge in [-0.15, -0.1) is 0 Å². The van der Waals surface area contributed by atoms with Gasteiger partial charge in [0.05, 0.1) is 23.7 Å². The molecule has 20 heavy (non-hydrogen) atoms. The molecule has 0 aliphatic carbocycles. The summed E-state index contributed by atoms with van der Waals surface area (Å²) in [5, 5.41) is 0. The van der Waals surface area contributed by atoms with E-state index in [4.69, 9.17) is 8.92 Å². The molecule has 0 radical (unpaired) electrons. The average molecular weight is 294 g/mol. The van der Waals surface area contributed by atoms with E-state index in [1.807, 2.05) is 19.1 Å². The fourth-order valence-electron chi connectivity index (χ4n) is 2.76. The fraction of sp³-hybridized carbons (Fsp3) is 0.467. The standard InChI is InChI=1S/C15H18O4S/c1-10-3-5-12(6-4-10)20(16,17)18-9-13-11(2)14-7-8-15(13)19-14/h3-8,11,13-15H,9H2,1-2H3/t11-,13+,14+,15?/m1/s1. The zero-order valence-electron chi connectivity index (χ0n) is 11.5. The van der Waals surface area contributed by atoms with Gasteiger partial charge >= 0.3 is 0 Å². The Hall–Kier alpha value is -1.17. The van der Waals surface area contributed by atoms with Crippen LogP contribution >= 0.6 is 0 Å². The van der Waals surface area contributed by atoms with Crippen molar-refractivity contribution in [2.45, 2.75) is 31.0 Å². The van der Waals surface area contributed by atoms with E-state index in [-0.39, 0.29) is 29.6 Å². The first-order valence-corrected chi connectivity index (χ1v) is 8.18. The van der Waals surface area contributed by atoms with E-state index in [2.05, 4.69) is 6.92 Å². The molecule has 2 bridgehead atoms. The summed E-state index contributed by atoms with van der Waals surface area (Å²) in [6, 6.07) is 6.68. The smallest absolute Gasteiger partial charge is 0.296 e. The number of hydrogen-bond donors (Lipinski definition) is 0. The third-order valence-corrected chi connectivity index (χ3v) is 5.44. The van der Waals surface area contributed by atoms with Crippen LogP contribution in [0.4, 0.5) is 0 Å². The Balaban J connectivity index is 1.69. The van der Waals surface area contributed by atoms with Crippen LogP contribution in [0.3, 0.4) is 0 Å². The SMILES string of the molecule is Cc1ccc(S(=O)(=O)OC[C@@H]2C3C=C[C@H](O3)[C@@H]2C)cc1. The highest BCUT2D eigenvalue weighted by Crippen LogP contribution is 2.39. The highest BCUT2D eigenvalue weighted by Gasteiger charge is 2.43. The van der Waals surface area contributed by atoms with Crippen LogP contribution in [0.15, 0.2) is 41.3 Å². The largest absolute Gasteiger partial charge is 0.366 e. The lowest BCUT2D eigenvalue weighted by Gasteiger charge is -2.21. The molecule has 4 nitrogen and oxygen atoms in total. The monoisotopic (exact) mass is 294 g/mol. The second-order valence-electron chi connectivity index (χ2n) is 5.52. The molecule has 5 heteroatoms. The van der Waals surface area contributed by atoms with Crippen LogP contribution in [0.25, 0.3) is 0 Å². The molecular formula is C15H18O4S. The van der Waals surface area contributed by atoms with Crippen molar-refractivity contribution in [2.24, 2.45) is 11.8 Å². The first-order chi connectivity index (χ1) is 9.47. The van der Waals surface area contributed by atoms with Crippen molar-refractivity contribution in [3.63, 3.8) is 0 Å². The lowest BCUT2D eigenvalue weighted by molar-refractivity contribution is 0.0972. The average Bonchev–Trinajstić information content (AvgIpc) is 2.98. The van der Waals surface area contributed by atoms with Gasteiger partial charge in [0.25, 0.3) is 10.1 Å². The Labute approximate surface area is 119 Å². The molecule has 2 aliphatic rings. The van der Waals surface area contributed by atoms with Crippen LogP contribution in [0.1, 0.15) is 12.5 Å². The molecule has 0 N–H and O–H groups in total. The lowest BCUT2D eigenvalue weighted by atomic mass is 9.85. The predicted molar refractivity (Wildman–Crippen MR) is 74.8 cm³/mol. The molecule has 1 fully saturated rings. The number of fused-ring (bicyclic) bond motifs is 2. The Morgan fingerprint density at radius 3 is 2.40 bits per heavy atom. The molecule has 0 spiro atoms. The number of rotatable bonds is 4. The molecule has 2 heterocycles. The molecular weight excluding hydrogens is 276 g/mol. The van der Waals surface area contributed by atoms with Crippen LogP contribution in [0.5, 0.6) is 0 Å². The molecule has 1 aromatic rings. The number of benzene rings is 1. The van der Waals surface area contributed by atoms with E-state index in [9.17, 15) is 8.42 Å². The highest BCUT2D eigenvalue weighted by molar-refractivity contribution is 7.86. The van der Waals surface area contributed by atoms with Gasteiger partial charge in [-0.3, -0.25) is 4.18 Å². The van der Waals surface area contributed by atoms with E-state index in [0.29, 0.717) is 5.92 Å². The second-order valence-corrected chi connectivity index (χ2v) is 7.14. The van der Waals surface area contributed by atoms with Gasteiger partial charge in [0.15, 0.2) is 0 Å². The van der Waals surface area contributed by atoms with Crippen molar-refractivity contribution in [3.05, 3.63) is 42.0 Å². The molecule has 1 unspecified atom stereocenters. The van der Waals surface area contributed by atoms with Gasteiger partial charge in [0, 0.05) is 5.92 Å². The van der Waals surface area contributed by atoms with Gasteiger partial charge in [-0.2, -0.15) is 8.42 Å². The zero-order chi connectivity index (χ0) is 14.3. The Morgan fingerprint density at radius 1 is 1.15 bits per heavy atom. The molecule has 3 rings (SSSR count). The zero-order valence-corrected chi connectivity index (χ0v) is 12.3. The molecule has 0 saturated carbocycles. The van der Waals surface area contributed by atoms with Crippen molar-refractivity contribution >= 4 is 10.1 Å². The number of hydrogen-bond acceptors (Lipinski definition) is 4. The first-order valence-electron chi connectivity index (χ1n) is 6.77.